The number of ether oxygens (including phenoxy) is 1. The van der Waals surface area contributed by atoms with Crippen LogP contribution in [0.25, 0.3) is 12.2 Å². The third-order valence-corrected chi connectivity index (χ3v) is 3.53. The van der Waals surface area contributed by atoms with Gasteiger partial charge in [0.25, 0.3) is 0 Å². The summed E-state index contributed by atoms with van der Waals surface area (Å²) in [4.78, 5) is 13.1. The largest absolute Gasteiger partial charge is 0.407 e. The van der Waals surface area contributed by atoms with Crippen molar-refractivity contribution in [2.75, 3.05) is 0 Å². The van der Waals surface area contributed by atoms with Crippen LogP contribution in [0.4, 0.5) is 0 Å². The van der Waals surface area contributed by atoms with Gasteiger partial charge in [-0.1, -0.05) is 18.7 Å². The summed E-state index contributed by atoms with van der Waals surface area (Å²) in [7, 11) is 0. The van der Waals surface area contributed by atoms with Crippen LogP contribution < -0.4 is 17.0 Å². The maximum absolute atomic E-state index is 10.9. The first-order chi connectivity index (χ1) is 9.51. The topological polar surface area (TPSA) is 90.4 Å². The van der Waals surface area contributed by atoms with Crippen LogP contribution >= 0.6 is 11.3 Å². The summed E-state index contributed by atoms with van der Waals surface area (Å²) in [5.74, 6) is 4.90. The van der Waals surface area contributed by atoms with Crippen molar-refractivity contribution in [3.05, 3.63) is 45.6 Å². The van der Waals surface area contributed by atoms with Crippen molar-refractivity contribution in [2.24, 2.45) is 11.6 Å². The van der Waals surface area contributed by atoms with E-state index in [2.05, 4.69) is 12.0 Å². The zero-order valence-electron chi connectivity index (χ0n) is 11.6. The average Bonchev–Trinajstić information content (AvgIpc) is 2.78. The summed E-state index contributed by atoms with van der Waals surface area (Å²) >= 11 is 1.60. The van der Waals surface area contributed by atoms with E-state index in [1.54, 1.807) is 17.4 Å². The van der Waals surface area contributed by atoms with Gasteiger partial charge in [0, 0.05) is 23.1 Å². The van der Waals surface area contributed by atoms with Crippen molar-refractivity contribution in [3.8, 4) is 0 Å². The van der Waals surface area contributed by atoms with E-state index >= 15 is 0 Å². The molecule has 1 aromatic heterocycles. The van der Waals surface area contributed by atoms with Gasteiger partial charge in [-0.05, 0) is 24.6 Å². The summed E-state index contributed by atoms with van der Waals surface area (Å²) in [5.41, 5.74) is 9.62. The van der Waals surface area contributed by atoms with Gasteiger partial charge in [-0.15, -0.1) is 11.3 Å². The highest BCUT2D eigenvalue weighted by atomic mass is 32.1. The number of rotatable bonds is 6. The first-order valence-corrected chi connectivity index (χ1v) is 6.85. The first kappa shape index (κ1) is 16.0. The lowest BCUT2D eigenvalue weighted by atomic mass is 10.2. The quantitative estimate of drug-likeness (QED) is 0.323. The van der Waals surface area contributed by atoms with E-state index in [1.165, 1.54) is 6.92 Å². The maximum Gasteiger partial charge on any atom is 0.309 e. The number of allylic oxidation sites excluding steroid dienone is 2. The molecule has 0 aliphatic rings. The van der Waals surface area contributed by atoms with Gasteiger partial charge in [0.1, 0.15) is 0 Å². The third-order valence-electron chi connectivity index (χ3n) is 2.41. The molecule has 0 aliphatic heterocycles. The summed E-state index contributed by atoms with van der Waals surface area (Å²) in [6.45, 7) is 7.03. The predicted octanol–water partition coefficient (Wildman–Crippen LogP) is 2.12. The molecule has 1 heterocycles. The highest BCUT2D eigenvalue weighted by Gasteiger charge is 2.10. The van der Waals surface area contributed by atoms with Gasteiger partial charge in [-0.25, -0.2) is 5.84 Å². The normalized spacial score (nSPS) is 12.2. The fourth-order valence-corrected chi connectivity index (χ4v) is 2.76. The molecule has 0 bridgehead atoms. The number of nitrogens with two attached hydrogens (primary N) is 2. The minimum absolute atomic E-state index is 0.0821. The van der Waals surface area contributed by atoms with Crippen molar-refractivity contribution in [3.63, 3.8) is 0 Å². The molecular formula is C14H19N3O2S. The van der Waals surface area contributed by atoms with Crippen LogP contribution in [0.3, 0.4) is 0 Å². The molecule has 0 aliphatic carbocycles. The molecule has 0 saturated heterocycles. The van der Waals surface area contributed by atoms with E-state index < -0.39 is 5.97 Å². The van der Waals surface area contributed by atoms with Crippen molar-refractivity contribution in [1.82, 2.24) is 5.43 Å². The lowest BCUT2D eigenvalue weighted by Crippen LogP contribution is -2.28. The number of esters is 1. The Kier molecular flexibility index (Phi) is 6.02. The minimum atomic E-state index is -0.478. The van der Waals surface area contributed by atoms with Crippen LogP contribution in [0.5, 0.6) is 0 Å². The number of hydrogen-bond acceptors (Lipinski definition) is 6. The van der Waals surface area contributed by atoms with Crippen molar-refractivity contribution >= 4 is 29.5 Å². The number of hydrazine groups is 1. The Morgan fingerprint density at radius 3 is 2.80 bits per heavy atom. The van der Waals surface area contributed by atoms with Gasteiger partial charge in [0.15, 0.2) is 0 Å². The van der Waals surface area contributed by atoms with Crippen LogP contribution in [0.1, 0.15) is 29.2 Å². The van der Waals surface area contributed by atoms with Crippen LogP contribution in [0.15, 0.2) is 30.3 Å². The fourth-order valence-electron chi connectivity index (χ4n) is 1.60. The molecule has 5 nitrogen and oxygen atoms in total. The Bertz CT molecular complexity index is 559. The summed E-state index contributed by atoms with van der Waals surface area (Å²) in [6, 6.07) is 2.00. The van der Waals surface area contributed by atoms with Crippen LogP contribution in [0, 0.1) is 0 Å². The molecule has 0 unspecified atom stereocenters. The van der Waals surface area contributed by atoms with Crippen LogP contribution in [-0.2, 0) is 16.0 Å². The SMILES string of the molecule is C=Cc1cc(C/C(N)=C(/NN)OC(C)=O)sc1/C=C\C. The molecule has 1 rings (SSSR count). The van der Waals surface area contributed by atoms with Gasteiger partial charge in [-0.3, -0.25) is 10.2 Å². The average molecular weight is 293 g/mol. The zero-order chi connectivity index (χ0) is 15.1. The molecule has 0 amide bonds. The molecule has 20 heavy (non-hydrogen) atoms. The molecule has 5 N–H and O–H groups in total. The van der Waals surface area contributed by atoms with Gasteiger partial charge in [0.05, 0.1) is 5.70 Å². The van der Waals surface area contributed by atoms with E-state index in [0.29, 0.717) is 12.1 Å². The zero-order valence-corrected chi connectivity index (χ0v) is 12.4. The second kappa shape index (κ2) is 7.52. The Morgan fingerprint density at radius 2 is 2.30 bits per heavy atom. The second-order valence-corrected chi connectivity index (χ2v) is 5.17. The van der Waals surface area contributed by atoms with Crippen molar-refractivity contribution in [1.29, 1.82) is 0 Å². The Labute approximate surface area is 122 Å². The number of hydrogen-bond donors (Lipinski definition) is 3. The van der Waals surface area contributed by atoms with Gasteiger partial charge in [-0.2, -0.15) is 0 Å². The minimum Gasteiger partial charge on any atom is -0.407 e. The Hall–Kier alpha value is -2.05. The third kappa shape index (κ3) is 4.25. The number of thiophene rings is 1. The Morgan fingerprint density at radius 1 is 1.60 bits per heavy atom. The van der Waals surface area contributed by atoms with E-state index in [-0.39, 0.29) is 5.88 Å². The summed E-state index contributed by atoms with van der Waals surface area (Å²) in [5, 5.41) is 0. The molecule has 6 heteroatoms. The van der Waals surface area contributed by atoms with Crippen LogP contribution in [0.2, 0.25) is 0 Å². The molecular weight excluding hydrogens is 274 g/mol. The van der Waals surface area contributed by atoms with Crippen molar-refractivity contribution in [2.45, 2.75) is 20.3 Å². The molecule has 1 aromatic rings. The summed E-state index contributed by atoms with van der Waals surface area (Å²) in [6.07, 6.45) is 6.21. The van der Waals surface area contributed by atoms with E-state index in [0.717, 1.165) is 15.3 Å². The predicted molar refractivity (Wildman–Crippen MR) is 83.1 cm³/mol. The second-order valence-electron chi connectivity index (χ2n) is 4.01. The van der Waals surface area contributed by atoms with Gasteiger partial charge >= 0.3 is 5.97 Å². The van der Waals surface area contributed by atoms with Gasteiger partial charge < -0.3 is 10.5 Å². The van der Waals surface area contributed by atoms with Gasteiger partial charge in [0.2, 0.25) is 5.88 Å². The molecule has 0 aromatic carbocycles. The number of carbonyl (C=O) groups is 1. The van der Waals surface area contributed by atoms with Crippen molar-refractivity contribution < 1.29 is 9.53 Å². The van der Waals surface area contributed by atoms with E-state index in [9.17, 15) is 4.79 Å². The lowest BCUT2D eigenvalue weighted by molar-refractivity contribution is -0.137. The van der Waals surface area contributed by atoms with E-state index in [1.807, 2.05) is 25.1 Å². The number of carbonyl (C=O) groups excluding carboxylic acids is 1. The first-order valence-electron chi connectivity index (χ1n) is 6.03. The fraction of sp³-hybridized carbons (Fsp3) is 0.214. The summed E-state index contributed by atoms with van der Waals surface area (Å²) < 4.78 is 4.89. The standard InChI is InChI=1S/C14H19N3O2S/c1-4-6-13-10(5-2)7-11(20-13)8-12(15)14(17-16)19-9(3)18/h4-7,17H,2,8,15-16H2,1,3H3/b6-4-,14-12+. The molecule has 0 radical (unpaired) electrons. The highest BCUT2D eigenvalue weighted by molar-refractivity contribution is 7.13. The van der Waals surface area contributed by atoms with Crippen LogP contribution in [-0.4, -0.2) is 5.97 Å². The maximum atomic E-state index is 10.9. The Balaban J connectivity index is 2.99. The number of nitrogens with one attached hydrogen (secondary N) is 1. The lowest BCUT2D eigenvalue weighted by Gasteiger charge is -2.09. The highest BCUT2D eigenvalue weighted by Crippen LogP contribution is 2.26. The molecule has 0 spiro atoms. The monoisotopic (exact) mass is 293 g/mol. The van der Waals surface area contributed by atoms with E-state index in [4.69, 9.17) is 16.3 Å². The molecule has 108 valence electrons. The smallest absolute Gasteiger partial charge is 0.309 e. The molecule has 0 fully saturated rings. The molecule has 0 atom stereocenters. The molecule has 0 saturated carbocycles.